The summed E-state index contributed by atoms with van der Waals surface area (Å²) < 4.78 is 7.23. The highest BCUT2D eigenvalue weighted by atomic mass is 35.5. The van der Waals surface area contributed by atoms with Gasteiger partial charge in [0.05, 0.1) is 22.7 Å². The third kappa shape index (κ3) is 2.44. The fraction of sp³-hybridized carbons (Fsp3) is 0.417. The van der Waals surface area contributed by atoms with E-state index in [9.17, 15) is 5.11 Å². The molecular formula is C12H15ClN2O2. The van der Waals surface area contributed by atoms with E-state index in [1.807, 2.05) is 29.7 Å². The Bertz CT molecular complexity index is 510. The van der Waals surface area contributed by atoms with Gasteiger partial charge in [0.2, 0.25) is 0 Å². The number of hydrogen-bond acceptors (Lipinski definition) is 3. The second kappa shape index (κ2) is 5.49. The van der Waals surface area contributed by atoms with Crippen LogP contribution in [-0.4, -0.2) is 27.9 Å². The van der Waals surface area contributed by atoms with E-state index in [1.165, 1.54) is 0 Å². The van der Waals surface area contributed by atoms with Gasteiger partial charge in [0.25, 0.3) is 0 Å². The van der Waals surface area contributed by atoms with Crippen molar-refractivity contribution in [3.05, 3.63) is 29.0 Å². The molecule has 4 nitrogen and oxygen atoms in total. The van der Waals surface area contributed by atoms with E-state index >= 15 is 0 Å². The molecule has 1 aromatic heterocycles. The monoisotopic (exact) mass is 254 g/mol. The lowest BCUT2D eigenvalue weighted by molar-refractivity contribution is 0.137. The first kappa shape index (κ1) is 12.4. The molecule has 0 atom stereocenters. The first-order valence-electron chi connectivity index (χ1n) is 5.60. The third-order valence-electron chi connectivity index (χ3n) is 2.60. The number of aliphatic hydroxyl groups excluding tert-OH is 1. The van der Waals surface area contributed by atoms with Crippen molar-refractivity contribution >= 4 is 22.6 Å². The highest BCUT2D eigenvalue weighted by Crippen LogP contribution is 2.24. The first-order valence-corrected chi connectivity index (χ1v) is 5.98. The molecule has 0 aliphatic heterocycles. The number of rotatable bonds is 5. The normalized spacial score (nSPS) is 11.2. The quantitative estimate of drug-likeness (QED) is 0.833. The number of imidazole rings is 1. The van der Waals surface area contributed by atoms with Crippen molar-refractivity contribution in [3.63, 3.8) is 0 Å². The number of hydrogen-bond donors (Lipinski definition) is 1. The lowest BCUT2D eigenvalue weighted by Gasteiger charge is -2.08. The Kier molecular flexibility index (Phi) is 3.99. The zero-order valence-electron chi connectivity index (χ0n) is 9.69. The molecule has 0 aliphatic carbocycles. The Labute approximate surface area is 105 Å². The number of halogens is 1. The van der Waals surface area contributed by atoms with E-state index in [2.05, 4.69) is 4.98 Å². The maximum atomic E-state index is 9.30. The topological polar surface area (TPSA) is 47.3 Å². The number of aliphatic hydroxyl groups is 1. The number of benzene rings is 1. The van der Waals surface area contributed by atoms with Crippen molar-refractivity contribution in [1.82, 2.24) is 9.55 Å². The van der Waals surface area contributed by atoms with Gasteiger partial charge in [-0.2, -0.15) is 0 Å². The minimum atomic E-state index is -0.100. The van der Waals surface area contributed by atoms with Crippen LogP contribution in [-0.2, 0) is 17.9 Å². The predicted octanol–water partition coefficient (Wildman–Crippen LogP) is 2.22. The Morgan fingerprint density at radius 2 is 2.29 bits per heavy atom. The molecule has 0 aliphatic rings. The van der Waals surface area contributed by atoms with Gasteiger partial charge in [0.15, 0.2) is 0 Å². The number of para-hydroxylation sites is 1. The van der Waals surface area contributed by atoms with Crippen LogP contribution in [0.15, 0.2) is 18.2 Å². The fourth-order valence-corrected chi connectivity index (χ4v) is 2.12. The molecule has 0 fully saturated rings. The summed E-state index contributed by atoms with van der Waals surface area (Å²) in [6.45, 7) is 3.75. The summed E-state index contributed by atoms with van der Waals surface area (Å²) in [6, 6.07) is 5.56. The SMILES string of the molecule is CCOCCn1c(CO)nc2cccc(Cl)c21. The second-order valence-corrected chi connectivity index (χ2v) is 4.05. The zero-order valence-corrected chi connectivity index (χ0v) is 10.4. The molecule has 5 heteroatoms. The maximum absolute atomic E-state index is 9.30. The largest absolute Gasteiger partial charge is 0.388 e. The Morgan fingerprint density at radius 3 is 3.00 bits per heavy atom. The van der Waals surface area contributed by atoms with Gasteiger partial charge in [-0.25, -0.2) is 4.98 Å². The number of aromatic nitrogens is 2. The van der Waals surface area contributed by atoms with Gasteiger partial charge >= 0.3 is 0 Å². The minimum Gasteiger partial charge on any atom is -0.388 e. The molecule has 0 amide bonds. The van der Waals surface area contributed by atoms with Gasteiger partial charge in [0.1, 0.15) is 12.4 Å². The third-order valence-corrected chi connectivity index (χ3v) is 2.91. The molecule has 1 heterocycles. The van der Waals surface area contributed by atoms with Crippen molar-refractivity contribution in [2.45, 2.75) is 20.1 Å². The fourth-order valence-electron chi connectivity index (χ4n) is 1.85. The Balaban J connectivity index is 2.42. The molecule has 0 spiro atoms. The molecule has 2 aromatic rings. The zero-order chi connectivity index (χ0) is 12.3. The summed E-state index contributed by atoms with van der Waals surface area (Å²) in [5.74, 6) is 0.618. The van der Waals surface area contributed by atoms with Crippen LogP contribution < -0.4 is 0 Å². The molecule has 0 saturated carbocycles. The van der Waals surface area contributed by atoms with E-state index in [0.29, 0.717) is 30.6 Å². The molecule has 1 N–H and O–H groups in total. The number of ether oxygens (including phenoxy) is 1. The van der Waals surface area contributed by atoms with Gasteiger partial charge in [-0.3, -0.25) is 0 Å². The van der Waals surface area contributed by atoms with Gasteiger partial charge in [0, 0.05) is 13.2 Å². The standard InChI is InChI=1S/C12H15ClN2O2/c1-2-17-7-6-15-11(8-16)14-10-5-3-4-9(13)12(10)15/h3-5,16H,2,6-8H2,1H3. The van der Waals surface area contributed by atoms with Crippen molar-refractivity contribution in [1.29, 1.82) is 0 Å². The summed E-state index contributed by atoms with van der Waals surface area (Å²) >= 11 is 6.16. The van der Waals surface area contributed by atoms with Crippen molar-refractivity contribution in [2.75, 3.05) is 13.2 Å². The van der Waals surface area contributed by atoms with Crippen LogP contribution in [0.2, 0.25) is 5.02 Å². The summed E-state index contributed by atoms with van der Waals surface area (Å²) in [7, 11) is 0. The molecule has 0 unspecified atom stereocenters. The Morgan fingerprint density at radius 1 is 1.47 bits per heavy atom. The molecule has 2 rings (SSSR count). The molecule has 1 aromatic carbocycles. The van der Waals surface area contributed by atoms with Crippen LogP contribution in [0.5, 0.6) is 0 Å². The average Bonchev–Trinajstić information content (AvgIpc) is 2.69. The number of fused-ring (bicyclic) bond motifs is 1. The van der Waals surface area contributed by atoms with Crippen molar-refractivity contribution in [3.8, 4) is 0 Å². The number of nitrogens with zero attached hydrogens (tertiary/aromatic N) is 2. The molecule has 0 bridgehead atoms. The highest BCUT2D eigenvalue weighted by molar-refractivity contribution is 6.35. The summed E-state index contributed by atoms with van der Waals surface area (Å²) in [6.07, 6.45) is 0. The Hall–Kier alpha value is -1.10. The van der Waals surface area contributed by atoms with Crippen molar-refractivity contribution in [2.24, 2.45) is 0 Å². The molecule has 0 radical (unpaired) electrons. The minimum absolute atomic E-state index is 0.100. The van der Waals surface area contributed by atoms with Gasteiger partial charge in [-0.15, -0.1) is 0 Å². The summed E-state index contributed by atoms with van der Waals surface area (Å²) in [5, 5.41) is 9.94. The maximum Gasteiger partial charge on any atom is 0.135 e. The second-order valence-electron chi connectivity index (χ2n) is 3.64. The molecule has 17 heavy (non-hydrogen) atoms. The van der Waals surface area contributed by atoms with Crippen LogP contribution in [0, 0.1) is 0 Å². The van der Waals surface area contributed by atoms with Crippen molar-refractivity contribution < 1.29 is 9.84 Å². The van der Waals surface area contributed by atoms with Crippen LogP contribution in [0.3, 0.4) is 0 Å². The lowest BCUT2D eigenvalue weighted by Crippen LogP contribution is -2.09. The summed E-state index contributed by atoms with van der Waals surface area (Å²) in [5.41, 5.74) is 1.66. The van der Waals surface area contributed by atoms with Crippen LogP contribution in [0.25, 0.3) is 11.0 Å². The smallest absolute Gasteiger partial charge is 0.135 e. The highest BCUT2D eigenvalue weighted by Gasteiger charge is 2.12. The van der Waals surface area contributed by atoms with E-state index in [4.69, 9.17) is 16.3 Å². The van der Waals surface area contributed by atoms with Gasteiger partial charge in [-0.05, 0) is 19.1 Å². The molecule has 92 valence electrons. The lowest BCUT2D eigenvalue weighted by atomic mass is 10.3. The first-order chi connectivity index (χ1) is 8.27. The van der Waals surface area contributed by atoms with E-state index < -0.39 is 0 Å². The van der Waals surface area contributed by atoms with E-state index in [-0.39, 0.29) is 6.61 Å². The average molecular weight is 255 g/mol. The molecular weight excluding hydrogens is 240 g/mol. The van der Waals surface area contributed by atoms with Gasteiger partial charge in [-0.1, -0.05) is 17.7 Å². The van der Waals surface area contributed by atoms with E-state index in [0.717, 1.165) is 11.0 Å². The molecule has 0 saturated heterocycles. The van der Waals surface area contributed by atoms with Crippen LogP contribution >= 0.6 is 11.6 Å². The van der Waals surface area contributed by atoms with Crippen LogP contribution in [0.4, 0.5) is 0 Å². The van der Waals surface area contributed by atoms with Gasteiger partial charge < -0.3 is 14.4 Å². The van der Waals surface area contributed by atoms with Crippen LogP contribution in [0.1, 0.15) is 12.7 Å². The summed E-state index contributed by atoms with van der Waals surface area (Å²) in [4.78, 5) is 4.34. The van der Waals surface area contributed by atoms with E-state index in [1.54, 1.807) is 0 Å². The predicted molar refractivity (Wildman–Crippen MR) is 67.2 cm³/mol.